The highest BCUT2D eigenvalue weighted by atomic mass is 32.1. The van der Waals surface area contributed by atoms with E-state index in [1.54, 1.807) is 11.3 Å². The number of anilines is 1. The highest BCUT2D eigenvalue weighted by Gasteiger charge is 2.10. The predicted octanol–water partition coefficient (Wildman–Crippen LogP) is 3.24. The minimum atomic E-state index is -0.213. The molecule has 0 saturated carbocycles. The topological polar surface area (TPSA) is 51.2 Å². The van der Waals surface area contributed by atoms with Crippen LogP contribution in [-0.4, -0.2) is 23.6 Å². The molecule has 1 aromatic heterocycles. The first-order chi connectivity index (χ1) is 8.69. The first-order valence-electron chi connectivity index (χ1n) is 6.56. The minimum Gasteiger partial charge on any atom is -0.466 e. The van der Waals surface area contributed by atoms with Crippen molar-refractivity contribution in [3.05, 3.63) is 11.1 Å². The lowest BCUT2D eigenvalue weighted by molar-refractivity contribution is -0.142. The first kappa shape index (κ1) is 15.0. The van der Waals surface area contributed by atoms with Gasteiger partial charge in [0, 0.05) is 11.4 Å². The summed E-state index contributed by atoms with van der Waals surface area (Å²) in [4.78, 5) is 15.7. The number of hydrogen-bond donors (Lipinski definition) is 1. The van der Waals surface area contributed by atoms with E-state index in [9.17, 15) is 4.79 Å². The van der Waals surface area contributed by atoms with Gasteiger partial charge >= 0.3 is 5.97 Å². The van der Waals surface area contributed by atoms with E-state index in [-0.39, 0.29) is 12.4 Å². The van der Waals surface area contributed by atoms with Crippen molar-refractivity contribution in [1.29, 1.82) is 0 Å². The highest BCUT2D eigenvalue weighted by molar-refractivity contribution is 7.13. The Hall–Kier alpha value is -1.10. The second-order valence-electron chi connectivity index (χ2n) is 4.16. The Morgan fingerprint density at radius 3 is 2.89 bits per heavy atom. The van der Waals surface area contributed by atoms with Gasteiger partial charge in [0.1, 0.15) is 0 Å². The van der Waals surface area contributed by atoms with Crippen LogP contribution in [-0.2, 0) is 16.0 Å². The molecule has 1 aromatic rings. The summed E-state index contributed by atoms with van der Waals surface area (Å²) in [5, 5.41) is 6.22. The van der Waals surface area contributed by atoms with E-state index < -0.39 is 0 Å². The van der Waals surface area contributed by atoms with Crippen LogP contribution in [0, 0.1) is 0 Å². The maximum absolute atomic E-state index is 11.3. The molecule has 0 aliphatic heterocycles. The Labute approximate surface area is 113 Å². The van der Waals surface area contributed by atoms with E-state index in [4.69, 9.17) is 4.74 Å². The van der Waals surface area contributed by atoms with Gasteiger partial charge in [-0.1, -0.05) is 20.3 Å². The van der Waals surface area contributed by atoms with Crippen LogP contribution in [0.3, 0.4) is 0 Å². The van der Waals surface area contributed by atoms with Crippen molar-refractivity contribution in [1.82, 2.24) is 4.98 Å². The van der Waals surface area contributed by atoms with Crippen LogP contribution in [0.2, 0.25) is 0 Å². The number of aromatic nitrogens is 1. The molecule has 102 valence electrons. The summed E-state index contributed by atoms with van der Waals surface area (Å²) in [6.45, 7) is 6.57. The molecule has 5 heteroatoms. The molecule has 0 amide bonds. The summed E-state index contributed by atoms with van der Waals surface area (Å²) in [6, 6.07) is 0.469. The van der Waals surface area contributed by atoms with Gasteiger partial charge in [-0.05, 0) is 19.8 Å². The van der Waals surface area contributed by atoms with Gasteiger partial charge in [0.05, 0.1) is 18.7 Å². The van der Waals surface area contributed by atoms with Crippen LogP contribution < -0.4 is 5.32 Å². The molecule has 1 heterocycles. The number of ether oxygens (including phenoxy) is 1. The van der Waals surface area contributed by atoms with Gasteiger partial charge in [-0.3, -0.25) is 4.79 Å². The van der Waals surface area contributed by atoms with Gasteiger partial charge in [0.2, 0.25) is 0 Å². The second-order valence-corrected chi connectivity index (χ2v) is 5.02. The number of esters is 1. The van der Waals surface area contributed by atoms with Gasteiger partial charge in [0.25, 0.3) is 0 Å². The zero-order chi connectivity index (χ0) is 13.4. The first-order valence-corrected chi connectivity index (χ1v) is 7.44. The van der Waals surface area contributed by atoms with Gasteiger partial charge in [-0.15, -0.1) is 11.3 Å². The fraction of sp³-hybridized carbons (Fsp3) is 0.692. The summed E-state index contributed by atoms with van der Waals surface area (Å²) in [6.07, 6.45) is 3.65. The van der Waals surface area contributed by atoms with Crippen molar-refractivity contribution >= 4 is 22.4 Å². The number of nitrogens with one attached hydrogen (secondary N) is 1. The van der Waals surface area contributed by atoms with Crippen LogP contribution in [0.5, 0.6) is 0 Å². The van der Waals surface area contributed by atoms with E-state index in [0.717, 1.165) is 30.1 Å². The molecule has 1 atom stereocenters. The highest BCUT2D eigenvalue weighted by Crippen LogP contribution is 2.19. The molecule has 0 bridgehead atoms. The SMILES string of the molecule is CCCC(CC)Nc1nc(CC(=O)OCC)cs1. The van der Waals surface area contributed by atoms with Crippen LogP contribution in [0.25, 0.3) is 0 Å². The van der Waals surface area contributed by atoms with Crippen molar-refractivity contribution in [2.75, 3.05) is 11.9 Å². The summed E-state index contributed by atoms with van der Waals surface area (Å²) in [5.41, 5.74) is 0.785. The smallest absolute Gasteiger partial charge is 0.311 e. The van der Waals surface area contributed by atoms with E-state index >= 15 is 0 Å². The molecule has 0 aromatic carbocycles. The lowest BCUT2D eigenvalue weighted by Gasteiger charge is -2.14. The Kier molecular flexibility index (Phi) is 6.72. The van der Waals surface area contributed by atoms with Crippen LogP contribution in [0.1, 0.15) is 45.7 Å². The van der Waals surface area contributed by atoms with E-state index in [1.807, 2.05) is 12.3 Å². The third-order valence-electron chi connectivity index (χ3n) is 2.64. The lowest BCUT2D eigenvalue weighted by atomic mass is 10.1. The number of rotatable bonds is 8. The lowest BCUT2D eigenvalue weighted by Crippen LogP contribution is -2.17. The molecule has 1 rings (SSSR count). The van der Waals surface area contributed by atoms with Gasteiger partial charge in [0.15, 0.2) is 5.13 Å². The second kappa shape index (κ2) is 8.08. The standard InChI is InChI=1S/C13H22N2O2S/c1-4-7-10(5-2)14-13-15-11(9-18-13)8-12(16)17-6-3/h9-10H,4-8H2,1-3H3,(H,14,15). The quantitative estimate of drug-likeness (QED) is 0.737. The fourth-order valence-electron chi connectivity index (χ4n) is 1.72. The van der Waals surface area contributed by atoms with Crippen LogP contribution in [0.15, 0.2) is 5.38 Å². The molecule has 0 saturated heterocycles. The minimum absolute atomic E-state index is 0.213. The third-order valence-corrected chi connectivity index (χ3v) is 3.46. The molecular weight excluding hydrogens is 248 g/mol. The molecule has 4 nitrogen and oxygen atoms in total. The predicted molar refractivity (Wildman–Crippen MR) is 75.1 cm³/mol. The zero-order valence-corrected chi connectivity index (χ0v) is 12.2. The van der Waals surface area contributed by atoms with Crippen molar-refractivity contribution < 1.29 is 9.53 Å². The van der Waals surface area contributed by atoms with Gasteiger partial charge in [-0.25, -0.2) is 4.98 Å². The Morgan fingerprint density at radius 1 is 1.50 bits per heavy atom. The van der Waals surface area contributed by atoms with Crippen molar-refractivity contribution in [3.8, 4) is 0 Å². The number of nitrogens with zero attached hydrogens (tertiary/aromatic N) is 1. The summed E-state index contributed by atoms with van der Waals surface area (Å²) in [5.74, 6) is -0.213. The van der Waals surface area contributed by atoms with Gasteiger partial charge < -0.3 is 10.1 Å². The van der Waals surface area contributed by atoms with E-state index in [1.165, 1.54) is 0 Å². The van der Waals surface area contributed by atoms with Gasteiger partial charge in [-0.2, -0.15) is 0 Å². The van der Waals surface area contributed by atoms with E-state index in [2.05, 4.69) is 24.1 Å². The average molecular weight is 270 g/mol. The normalized spacial score (nSPS) is 12.2. The summed E-state index contributed by atoms with van der Waals surface area (Å²) < 4.78 is 4.90. The fourth-order valence-corrected chi connectivity index (χ4v) is 2.50. The number of carbonyl (C=O) groups excluding carboxylic acids is 1. The number of carbonyl (C=O) groups is 1. The Bertz CT molecular complexity index is 366. The molecule has 1 N–H and O–H groups in total. The number of hydrogen-bond acceptors (Lipinski definition) is 5. The zero-order valence-electron chi connectivity index (χ0n) is 11.4. The molecular formula is C13H22N2O2S. The largest absolute Gasteiger partial charge is 0.466 e. The number of thiazole rings is 1. The summed E-state index contributed by atoms with van der Waals surface area (Å²) >= 11 is 1.55. The molecule has 18 heavy (non-hydrogen) atoms. The molecule has 0 fully saturated rings. The third kappa shape index (κ3) is 5.04. The van der Waals surface area contributed by atoms with Crippen molar-refractivity contribution in [2.24, 2.45) is 0 Å². The van der Waals surface area contributed by atoms with Crippen LogP contribution in [0.4, 0.5) is 5.13 Å². The Balaban J connectivity index is 2.49. The molecule has 0 aliphatic carbocycles. The van der Waals surface area contributed by atoms with Crippen molar-refractivity contribution in [2.45, 2.75) is 52.5 Å². The molecule has 0 radical (unpaired) electrons. The monoisotopic (exact) mass is 270 g/mol. The van der Waals surface area contributed by atoms with E-state index in [0.29, 0.717) is 12.6 Å². The summed E-state index contributed by atoms with van der Waals surface area (Å²) in [7, 11) is 0. The maximum Gasteiger partial charge on any atom is 0.311 e. The Morgan fingerprint density at radius 2 is 2.28 bits per heavy atom. The molecule has 0 spiro atoms. The van der Waals surface area contributed by atoms with Crippen LogP contribution >= 0.6 is 11.3 Å². The molecule has 1 unspecified atom stereocenters. The van der Waals surface area contributed by atoms with Crippen molar-refractivity contribution in [3.63, 3.8) is 0 Å². The molecule has 0 aliphatic rings. The maximum atomic E-state index is 11.3. The average Bonchev–Trinajstić information content (AvgIpc) is 2.76.